The molecule has 2 aromatic rings. The van der Waals surface area contributed by atoms with Crippen molar-refractivity contribution in [3.63, 3.8) is 0 Å². The second-order valence-corrected chi connectivity index (χ2v) is 5.28. The van der Waals surface area contributed by atoms with Gasteiger partial charge in [-0.25, -0.2) is 4.79 Å². The van der Waals surface area contributed by atoms with E-state index in [2.05, 4.69) is 16.3 Å². The zero-order valence-electron chi connectivity index (χ0n) is 10.8. The molecule has 0 radical (unpaired) electrons. The Morgan fingerprint density at radius 1 is 1.20 bits per heavy atom. The first-order valence-electron chi connectivity index (χ1n) is 6.53. The van der Waals surface area contributed by atoms with E-state index in [0.717, 1.165) is 18.4 Å². The van der Waals surface area contributed by atoms with Gasteiger partial charge in [0.2, 0.25) is 0 Å². The fraction of sp³-hybridized carbons (Fsp3) is 0.267. The summed E-state index contributed by atoms with van der Waals surface area (Å²) in [5.41, 5.74) is 4.01. The van der Waals surface area contributed by atoms with E-state index >= 15 is 0 Å². The number of aromatic nitrogens is 2. The summed E-state index contributed by atoms with van der Waals surface area (Å²) in [6, 6.07) is 6.06. The molecule has 0 bridgehead atoms. The van der Waals surface area contributed by atoms with Crippen LogP contribution in [0.5, 0.6) is 0 Å². The number of rotatable bonds is 2. The van der Waals surface area contributed by atoms with E-state index in [9.17, 15) is 9.90 Å². The first kappa shape index (κ1) is 13.1. The minimum absolute atomic E-state index is 0.0115. The van der Waals surface area contributed by atoms with Crippen LogP contribution in [0.1, 0.15) is 34.3 Å². The zero-order valence-corrected chi connectivity index (χ0v) is 11.5. The molecule has 0 spiro atoms. The van der Waals surface area contributed by atoms with Crippen LogP contribution in [0.2, 0.25) is 5.15 Å². The Balaban J connectivity index is 2.14. The molecule has 1 N–H and O–H groups in total. The molecular weight excluding hydrogens is 276 g/mol. The van der Waals surface area contributed by atoms with Gasteiger partial charge in [-0.15, -0.1) is 5.10 Å². The maximum atomic E-state index is 11.4. The Kier molecular flexibility index (Phi) is 3.40. The van der Waals surface area contributed by atoms with Crippen LogP contribution in [0.15, 0.2) is 24.4 Å². The standard InChI is InChI=1S/C15H13ClN2O2/c16-14-13(15(19)20)12(8-17-18-14)11-6-5-9-3-1-2-4-10(9)7-11/h5-8H,1-4H2,(H,19,20). The van der Waals surface area contributed by atoms with Crippen molar-refractivity contribution in [2.45, 2.75) is 25.7 Å². The molecule has 0 atom stereocenters. The second-order valence-electron chi connectivity index (χ2n) is 4.92. The summed E-state index contributed by atoms with van der Waals surface area (Å²) < 4.78 is 0. The quantitative estimate of drug-likeness (QED) is 0.920. The molecule has 0 saturated carbocycles. The van der Waals surface area contributed by atoms with Gasteiger partial charge >= 0.3 is 5.97 Å². The molecule has 0 saturated heterocycles. The van der Waals surface area contributed by atoms with Gasteiger partial charge in [0, 0.05) is 5.56 Å². The number of fused-ring (bicyclic) bond motifs is 1. The lowest BCUT2D eigenvalue weighted by molar-refractivity contribution is 0.0697. The number of aryl methyl sites for hydroxylation is 2. The van der Waals surface area contributed by atoms with Gasteiger partial charge < -0.3 is 5.11 Å². The van der Waals surface area contributed by atoms with Crippen LogP contribution in [0, 0.1) is 0 Å². The van der Waals surface area contributed by atoms with Crippen LogP contribution < -0.4 is 0 Å². The smallest absolute Gasteiger partial charge is 0.339 e. The summed E-state index contributed by atoms with van der Waals surface area (Å²) in [5.74, 6) is -1.09. The normalized spacial score (nSPS) is 13.8. The van der Waals surface area contributed by atoms with E-state index in [0.29, 0.717) is 5.56 Å². The van der Waals surface area contributed by atoms with Crippen LogP contribution >= 0.6 is 11.6 Å². The summed E-state index contributed by atoms with van der Waals surface area (Å²) >= 11 is 5.86. The summed E-state index contributed by atoms with van der Waals surface area (Å²) in [4.78, 5) is 11.4. The molecule has 0 unspecified atom stereocenters. The average Bonchev–Trinajstić information content (AvgIpc) is 2.46. The third-order valence-corrected chi connectivity index (χ3v) is 3.95. The van der Waals surface area contributed by atoms with Crippen molar-refractivity contribution >= 4 is 17.6 Å². The fourth-order valence-corrected chi connectivity index (χ4v) is 2.91. The number of nitrogens with zero attached hydrogens (tertiary/aromatic N) is 2. The Morgan fingerprint density at radius 3 is 2.70 bits per heavy atom. The van der Waals surface area contributed by atoms with Crippen molar-refractivity contribution in [1.29, 1.82) is 0 Å². The average molecular weight is 289 g/mol. The number of benzene rings is 1. The third kappa shape index (κ3) is 2.27. The van der Waals surface area contributed by atoms with Gasteiger partial charge in [-0.3, -0.25) is 0 Å². The third-order valence-electron chi connectivity index (χ3n) is 3.68. The lowest BCUT2D eigenvalue weighted by Crippen LogP contribution is -2.06. The molecule has 1 aliphatic rings. The van der Waals surface area contributed by atoms with Crippen molar-refractivity contribution in [3.05, 3.63) is 46.2 Å². The lowest BCUT2D eigenvalue weighted by atomic mass is 9.89. The van der Waals surface area contributed by atoms with E-state index in [1.807, 2.05) is 12.1 Å². The second kappa shape index (κ2) is 5.21. The van der Waals surface area contributed by atoms with Crippen molar-refractivity contribution in [3.8, 4) is 11.1 Å². The molecule has 0 aliphatic heterocycles. The minimum atomic E-state index is -1.09. The van der Waals surface area contributed by atoms with Gasteiger partial charge in [-0.2, -0.15) is 5.10 Å². The highest BCUT2D eigenvalue weighted by atomic mass is 35.5. The van der Waals surface area contributed by atoms with Gasteiger partial charge in [-0.05, 0) is 42.4 Å². The highest BCUT2D eigenvalue weighted by molar-refractivity contribution is 6.33. The van der Waals surface area contributed by atoms with Crippen molar-refractivity contribution in [1.82, 2.24) is 10.2 Å². The number of carboxylic acid groups (broad SMARTS) is 1. The molecule has 3 rings (SSSR count). The maximum Gasteiger partial charge on any atom is 0.339 e. The summed E-state index contributed by atoms with van der Waals surface area (Å²) in [6.07, 6.45) is 5.99. The molecule has 1 heterocycles. The Morgan fingerprint density at radius 2 is 1.95 bits per heavy atom. The van der Waals surface area contributed by atoms with Gasteiger partial charge in [0.1, 0.15) is 5.56 Å². The predicted molar refractivity (Wildman–Crippen MR) is 76.1 cm³/mol. The van der Waals surface area contributed by atoms with Crippen molar-refractivity contribution < 1.29 is 9.90 Å². The molecule has 20 heavy (non-hydrogen) atoms. The van der Waals surface area contributed by atoms with Gasteiger partial charge in [0.15, 0.2) is 5.15 Å². The number of hydrogen-bond acceptors (Lipinski definition) is 3. The fourth-order valence-electron chi connectivity index (χ4n) is 2.69. The highest BCUT2D eigenvalue weighted by Gasteiger charge is 2.19. The molecule has 0 amide bonds. The Hall–Kier alpha value is -1.94. The van der Waals surface area contributed by atoms with E-state index in [4.69, 9.17) is 11.6 Å². The Bertz CT molecular complexity index is 686. The number of halogens is 1. The van der Waals surface area contributed by atoms with E-state index < -0.39 is 5.97 Å². The number of carbonyl (C=O) groups is 1. The molecular formula is C15H13ClN2O2. The number of carboxylic acids is 1. The van der Waals surface area contributed by atoms with Crippen LogP contribution in [0.4, 0.5) is 0 Å². The summed E-state index contributed by atoms with van der Waals surface area (Å²) in [5, 5.41) is 16.6. The van der Waals surface area contributed by atoms with E-state index in [-0.39, 0.29) is 10.7 Å². The lowest BCUT2D eigenvalue weighted by Gasteiger charge is -2.17. The van der Waals surface area contributed by atoms with Crippen molar-refractivity contribution in [2.24, 2.45) is 0 Å². The number of hydrogen-bond donors (Lipinski definition) is 1. The Labute approximate surface area is 121 Å². The van der Waals surface area contributed by atoms with Gasteiger partial charge in [-0.1, -0.05) is 29.8 Å². The summed E-state index contributed by atoms with van der Waals surface area (Å²) in [6.45, 7) is 0. The maximum absolute atomic E-state index is 11.4. The SMILES string of the molecule is O=C(O)c1c(-c2ccc3c(c2)CCCC3)cnnc1Cl. The monoisotopic (exact) mass is 288 g/mol. The van der Waals surface area contributed by atoms with Gasteiger partial charge in [0.25, 0.3) is 0 Å². The molecule has 4 nitrogen and oxygen atoms in total. The van der Waals surface area contributed by atoms with Crippen LogP contribution in [0.3, 0.4) is 0 Å². The largest absolute Gasteiger partial charge is 0.478 e. The zero-order chi connectivity index (χ0) is 14.1. The molecule has 1 aliphatic carbocycles. The molecule has 0 fully saturated rings. The molecule has 1 aromatic heterocycles. The summed E-state index contributed by atoms with van der Waals surface area (Å²) in [7, 11) is 0. The van der Waals surface area contributed by atoms with Crippen LogP contribution in [-0.4, -0.2) is 21.3 Å². The minimum Gasteiger partial charge on any atom is -0.478 e. The first-order chi connectivity index (χ1) is 9.66. The molecule has 102 valence electrons. The molecule has 5 heteroatoms. The predicted octanol–water partition coefficient (Wildman–Crippen LogP) is 3.37. The van der Waals surface area contributed by atoms with E-state index in [1.165, 1.54) is 30.2 Å². The molecule has 1 aromatic carbocycles. The highest BCUT2D eigenvalue weighted by Crippen LogP contribution is 2.30. The van der Waals surface area contributed by atoms with Crippen LogP contribution in [0.25, 0.3) is 11.1 Å². The van der Waals surface area contributed by atoms with Crippen molar-refractivity contribution in [2.75, 3.05) is 0 Å². The van der Waals surface area contributed by atoms with Crippen LogP contribution in [-0.2, 0) is 12.8 Å². The topological polar surface area (TPSA) is 63.1 Å². The van der Waals surface area contributed by atoms with E-state index in [1.54, 1.807) is 0 Å². The van der Waals surface area contributed by atoms with Gasteiger partial charge in [0.05, 0.1) is 6.20 Å². The number of aromatic carboxylic acids is 1. The first-order valence-corrected chi connectivity index (χ1v) is 6.91.